The fraction of sp³-hybridized carbons (Fsp3) is 0.143. The highest BCUT2D eigenvalue weighted by atomic mass is 14.9. The molecule has 60 heavy (non-hydrogen) atoms. The first-order valence-electron chi connectivity index (χ1n) is 21.0. The van der Waals surface area contributed by atoms with Crippen molar-refractivity contribution >= 4 is 32.3 Å². The summed E-state index contributed by atoms with van der Waals surface area (Å²) in [6, 6.07) is 52.5. The number of aromatic nitrogens is 4. The maximum Gasteiger partial charge on any atom is 0.160 e. The predicted octanol–water partition coefficient (Wildman–Crippen LogP) is 15.0. The van der Waals surface area contributed by atoms with Crippen LogP contribution in [0, 0.1) is 13.8 Å². The Labute approximate surface area is 352 Å². The third kappa shape index (κ3) is 6.22. The monoisotopic (exact) mass is 774 g/mol. The molecule has 0 spiro atoms. The number of benzene rings is 8. The van der Waals surface area contributed by atoms with Crippen molar-refractivity contribution < 1.29 is 0 Å². The Hall–Kier alpha value is -7.04. The van der Waals surface area contributed by atoms with Crippen molar-refractivity contribution in [2.75, 3.05) is 0 Å². The van der Waals surface area contributed by atoms with Crippen LogP contribution in [0.15, 0.2) is 158 Å². The molecular formula is C56H46N4. The van der Waals surface area contributed by atoms with Gasteiger partial charge in [-0.1, -0.05) is 149 Å². The number of nitrogens with zero attached hydrogens (tertiary/aromatic N) is 4. The Morgan fingerprint density at radius 1 is 0.350 bits per heavy atom. The van der Waals surface area contributed by atoms with Gasteiger partial charge in [-0.15, -0.1) is 0 Å². The van der Waals surface area contributed by atoms with E-state index in [1.807, 2.05) is 24.5 Å². The Bertz CT molecular complexity index is 3030. The Morgan fingerprint density at radius 3 is 1.08 bits per heavy atom. The number of rotatable bonds is 8. The molecule has 10 aromatic rings. The summed E-state index contributed by atoms with van der Waals surface area (Å²) in [6.07, 6.45) is 3.81. The highest BCUT2D eigenvalue weighted by molar-refractivity contribution is 6.31. The van der Waals surface area contributed by atoms with Gasteiger partial charge in [0.1, 0.15) is 0 Å². The van der Waals surface area contributed by atoms with E-state index in [1.165, 1.54) is 66.1 Å². The van der Waals surface area contributed by atoms with Crippen LogP contribution < -0.4 is 0 Å². The summed E-state index contributed by atoms with van der Waals surface area (Å²) in [5, 5.41) is 7.02. The van der Waals surface area contributed by atoms with E-state index in [0.717, 1.165) is 44.4 Å². The minimum absolute atomic E-state index is 0.326. The van der Waals surface area contributed by atoms with E-state index >= 15 is 0 Å². The van der Waals surface area contributed by atoms with Gasteiger partial charge in [-0.05, 0) is 127 Å². The quantitative estimate of drug-likeness (QED) is 0.144. The molecule has 0 unspecified atom stereocenters. The molecule has 0 bridgehead atoms. The van der Waals surface area contributed by atoms with Crippen LogP contribution in [0.25, 0.3) is 99.9 Å². The minimum atomic E-state index is 0.326. The molecule has 0 fully saturated rings. The number of aryl methyl sites for hydroxylation is 2. The first-order chi connectivity index (χ1) is 29.3. The molecule has 4 nitrogen and oxygen atoms in total. The number of hydrogen-bond donors (Lipinski definition) is 0. The second-order valence-electron chi connectivity index (χ2n) is 16.7. The van der Waals surface area contributed by atoms with Crippen LogP contribution in [-0.2, 0) is 0 Å². The summed E-state index contributed by atoms with van der Waals surface area (Å²) in [4.78, 5) is 20.7. The van der Waals surface area contributed by atoms with Gasteiger partial charge >= 0.3 is 0 Å². The second kappa shape index (κ2) is 15.0. The van der Waals surface area contributed by atoms with Gasteiger partial charge < -0.3 is 0 Å². The first-order valence-corrected chi connectivity index (χ1v) is 21.0. The zero-order chi connectivity index (χ0) is 41.1. The van der Waals surface area contributed by atoms with Gasteiger partial charge in [0.05, 0.1) is 11.4 Å². The molecule has 0 aliphatic carbocycles. The van der Waals surface area contributed by atoms with Crippen molar-refractivity contribution in [3.63, 3.8) is 0 Å². The molecule has 0 atom stereocenters. The summed E-state index contributed by atoms with van der Waals surface area (Å²) < 4.78 is 0. The molecule has 4 heteroatoms. The van der Waals surface area contributed by atoms with Crippen molar-refractivity contribution in [2.45, 2.75) is 53.4 Å². The average molecular weight is 775 g/mol. The fourth-order valence-electron chi connectivity index (χ4n) is 9.30. The molecular weight excluding hydrogens is 729 g/mol. The molecule has 0 amide bonds. The topological polar surface area (TPSA) is 51.6 Å². The van der Waals surface area contributed by atoms with Crippen LogP contribution in [0.5, 0.6) is 0 Å². The highest BCUT2D eigenvalue weighted by Gasteiger charge is 2.24. The van der Waals surface area contributed by atoms with Crippen molar-refractivity contribution in [1.82, 2.24) is 19.9 Å². The third-order valence-electron chi connectivity index (χ3n) is 12.3. The summed E-state index contributed by atoms with van der Waals surface area (Å²) in [5.41, 5.74) is 15.8. The highest BCUT2D eigenvalue weighted by Crippen LogP contribution is 2.49. The molecule has 0 aliphatic rings. The Morgan fingerprint density at radius 2 is 0.700 bits per heavy atom. The van der Waals surface area contributed by atoms with E-state index in [1.54, 1.807) is 0 Å². The lowest BCUT2D eigenvalue weighted by molar-refractivity contribution is 0.869. The van der Waals surface area contributed by atoms with Crippen molar-refractivity contribution in [2.24, 2.45) is 0 Å². The molecule has 0 radical (unpaired) electrons. The Kier molecular flexibility index (Phi) is 9.29. The van der Waals surface area contributed by atoms with Crippen LogP contribution in [0.3, 0.4) is 0 Å². The molecule has 0 saturated carbocycles. The first kappa shape index (κ1) is 37.2. The lowest BCUT2D eigenvalue weighted by atomic mass is 9.81. The molecule has 8 aromatic carbocycles. The normalized spacial score (nSPS) is 11.8. The van der Waals surface area contributed by atoms with Crippen molar-refractivity contribution in [3.8, 4) is 67.5 Å². The summed E-state index contributed by atoms with van der Waals surface area (Å²) >= 11 is 0. The number of hydrogen-bond acceptors (Lipinski definition) is 4. The van der Waals surface area contributed by atoms with Gasteiger partial charge in [-0.2, -0.15) is 0 Å². The van der Waals surface area contributed by atoms with Crippen LogP contribution in [0.4, 0.5) is 0 Å². The Balaban J connectivity index is 1.35. The summed E-state index contributed by atoms with van der Waals surface area (Å²) in [7, 11) is 0. The zero-order valence-electron chi connectivity index (χ0n) is 35.0. The zero-order valence-corrected chi connectivity index (χ0v) is 35.0. The molecule has 0 saturated heterocycles. The van der Waals surface area contributed by atoms with Crippen molar-refractivity contribution in [1.29, 1.82) is 0 Å². The predicted molar refractivity (Wildman–Crippen MR) is 252 cm³/mol. The largest absolute Gasteiger partial charge is 0.237 e. The van der Waals surface area contributed by atoms with E-state index in [9.17, 15) is 0 Å². The minimum Gasteiger partial charge on any atom is -0.237 e. The molecule has 0 aliphatic heterocycles. The maximum absolute atomic E-state index is 5.32. The molecule has 0 N–H and O–H groups in total. The SMILES string of the molecule is Cc1ccccc1-c1ccnc(-c2cc(-c3ccccc3C(C)C)c3ccc4c(-c5ccccc5C(C)C)cc(-c5nccc(-c6ccccc6C)n5)c5ccc2c3c54)n1. The van der Waals surface area contributed by atoms with Gasteiger partial charge in [0.15, 0.2) is 11.6 Å². The average Bonchev–Trinajstić information content (AvgIpc) is 3.28. The third-order valence-corrected chi connectivity index (χ3v) is 12.3. The van der Waals surface area contributed by atoms with Gasteiger partial charge in [0.25, 0.3) is 0 Å². The van der Waals surface area contributed by atoms with E-state index in [4.69, 9.17) is 19.9 Å². The van der Waals surface area contributed by atoms with Gasteiger partial charge in [0.2, 0.25) is 0 Å². The second-order valence-corrected chi connectivity index (χ2v) is 16.7. The van der Waals surface area contributed by atoms with Gasteiger partial charge in [-0.3, -0.25) is 0 Å². The van der Waals surface area contributed by atoms with Gasteiger partial charge in [-0.25, -0.2) is 19.9 Å². The lowest BCUT2D eigenvalue weighted by Gasteiger charge is -2.23. The van der Waals surface area contributed by atoms with Crippen LogP contribution >= 0.6 is 0 Å². The van der Waals surface area contributed by atoms with E-state index in [0.29, 0.717) is 23.5 Å². The van der Waals surface area contributed by atoms with Crippen LogP contribution in [-0.4, -0.2) is 19.9 Å². The van der Waals surface area contributed by atoms with E-state index in [-0.39, 0.29) is 0 Å². The molecule has 2 aromatic heterocycles. The lowest BCUT2D eigenvalue weighted by Crippen LogP contribution is -2.00. The van der Waals surface area contributed by atoms with Crippen molar-refractivity contribution in [3.05, 3.63) is 180 Å². The molecule has 2 heterocycles. The van der Waals surface area contributed by atoms with E-state index in [2.05, 4.69) is 175 Å². The smallest absolute Gasteiger partial charge is 0.160 e. The molecule has 290 valence electrons. The summed E-state index contributed by atoms with van der Waals surface area (Å²) in [6.45, 7) is 13.4. The summed E-state index contributed by atoms with van der Waals surface area (Å²) in [5.74, 6) is 2.06. The van der Waals surface area contributed by atoms with Gasteiger partial charge in [0, 0.05) is 34.6 Å². The molecule has 10 rings (SSSR count). The van der Waals surface area contributed by atoms with Crippen LogP contribution in [0.2, 0.25) is 0 Å². The van der Waals surface area contributed by atoms with E-state index < -0.39 is 0 Å². The van der Waals surface area contributed by atoms with Crippen LogP contribution in [0.1, 0.15) is 61.8 Å². The fourth-order valence-corrected chi connectivity index (χ4v) is 9.30. The maximum atomic E-state index is 5.32. The standard InChI is InChI=1S/C56H46N4/c1-33(2)37-17-11-13-21-41(37)47-31-49(55-57-29-27-51(59-55)39-19-9-7-15-35(39)5)45-25-26-46-50(56-58-30-28-52(60-56)40-20-10-8-16-36(40)6)32-48(42-22-14-12-18-38(42)34(3)4)44-24-23-43(47)53(45)54(44)46/h7-34H,1-6H3.